The van der Waals surface area contributed by atoms with Crippen molar-refractivity contribution in [3.8, 4) is 0 Å². The van der Waals surface area contributed by atoms with E-state index in [1.165, 1.54) is 0 Å². The average molecular weight is 201 g/mol. The standard InChI is InChI=1S/C10H19NO3/c1-9(2,8(13)14)10(3,6-7-12)11(4)5/h7H,6H2,1-5H3,(H,13,14). The highest BCUT2D eigenvalue weighted by atomic mass is 16.4. The summed E-state index contributed by atoms with van der Waals surface area (Å²) >= 11 is 0. The van der Waals surface area contributed by atoms with Gasteiger partial charge in [-0.3, -0.25) is 4.79 Å². The van der Waals surface area contributed by atoms with Crippen LogP contribution in [0, 0.1) is 5.41 Å². The number of aldehydes is 1. The Bertz CT molecular complexity index is 236. The Morgan fingerprint density at radius 2 is 1.79 bits per heavy atom. The maximum absolute atomic E-state index is 11.1. The van der Waals surface area contributed by atoms with Gasteiger partial charge in [0.25, 0.3) is 0 Å². The molecule has 0 saturated carbocycles. The second kappa shape index (κ2) is 4.09. The summed E-state index contributed by atoms with van der Waals surface area (Å²) in [5, 5.41) is 9.11. The lowest BCUT2D eigenvalue weighted by atomic mass is 9.71. The second-order valence-electron chi connectivity index (χ2n) is 4.47. The van der Waals surface area contributed by atoms with Crippen molar-refractivity contribution in [3.05, 3.63) is 0 Å². The summed E-state index contributed by atoms with van der Waals surface area (Å²) < 4.78 is 0. The molecule has 0 rings (SSSR count). The number of carboxylic acid groups (broad SMARTS) is 1. The Labute approximate surface area is 84.9 Å². The Morgan fingerprint density at radius 3 is 2.00 bits per heavy atom. The molecule has 0 aliphatic carbocycles. The van der Waals surface area contributed by atoms with E-state index in [1.807, 2.05) is 0 Å². The van der Waals surface area contributed by atoms with Crippen molar-refractivity contribution in [1.29, 1.82) is 0 Å². The van der Waals surface area contributed by atoms with E-state index in [0.29, 0.717) is 0 Å². The summed E-state index contributed by atoms with van der Waals surface area (Å²) in [4.78, 5) is 23.5. The van der Waals surface area contributed by atoms with E-state index >= 15 is 0 Å². The zero-order chi connectivity index (χ0) is 11.6. The van der Waals surface area contributed by atoms with Crippen LogP contribution < -0.4 is 0 Å². The minimum Gasteiger partial charge on any atom is -0.481 e. The van der Waals surface area contributed by atoms with Gasteiger partial charge in [-0.1, -0.05) is 0 Å². The van der Waals surface area contributed by atoms with Crippen molar-refractivity contribution in [2.45, 2.75) is 32.7 Å². The topological polar surface area (TPSA) is 57.6 Å². The summed E-state index contributed by atoms with van der Waals surface area (Å²) in [5.41, 5.74) is -1.63. The molecule has 1 unspecified atom stereocenters. The molecule has 0 aliphatic heterocycles. The Kier molecular flexibility index (Phi) is 3.82. The third kappa shape index (κ3) is 1.95. The number of carbonyl (C=O) groups is 2. The maximum atomic E-state index is 11.1. The molecule has 0 radical (unpaired) electrons. The number of aliphatic carboxylic acids is 1. The Morgan fingerprint density at radius 1 is 1.36 bits per heavy atom. The summed E-state index contributed by atoms with van der Waals surface area (Å²) in [6.07, 6.45) is 0.976. The van der Waals surface area contributed by atoms with Gasteiger partial charge in [-0.05, 0) is 34.9 Å². The third-order valence-corrected chi connectivity index (χ3v) is 3.35. The zero-order valence-electron chi connectivity index (χ0n) is 9.50. The number of hydrogen-bond donors (Lipinski definition) is 1. The number of carboxylic acids is 1. The minimum absolute atomic E-state index is 0.208. The van der Waals surface area contributed by atoms with E-state index in [9.17, 15) is 9.59 Å². The van der Waals surface area contributed by atoms with Crippen LogP contribution in [0.2, 0.25) is 0 Å². The van der Waals surface area contributed by atoms with Gasteiger partial charge in [-0.15, -0.1) is 0 Å². The van der Waals surface area contributed by atoms with Crippen molar-refractivity contribution in [2.24, 2.45) is 5.41 Å². The molecule has 4 heteroatoms. The largest absolute Gasteiger partial charge is 0.481 e. The predicted octanol–water partition coefficient (Wildman–Crippen LogP) is 1.01. The van der Waals surface area contributed by atoms with Crippen LogP contribution in [0.15, 0.2) is 0 Å². The number of hydrogen-bond acceptors (Lipinski definition) is 3. The fourth-order valence-electron chi connectivity index (χ4n) is 1.39. The van der Waals surface area contributed by atoms with E-state index in [1.54, 1.807) is 39.8 Å². The third-order valence-electron chi connectivity index (χ3n) is 3.35. The van der Waals surface area contributed by atoms with Crippen LogP contribution in [0.1, 0.15) is 27.2 Å². The van der Waals surface area contributed by atoms with Gasteiger partial charge < -0.3 is 14.8 Å². The molecule has 0 spiro atoms. The lowest BCUT2D eigenvalue weighted by molar-refractivity contribution is -0.156. The monoisotopic (exact) mass is 201 g/mol. The first-order valence-electron chi connectivity index (χ1n) is 4.54. The Hall–Kier alpha value is -0.900. The van der Waals surface area contributed by atoms with Crippen molar-refractivity contribution >= 4 is 12.3 Å². The van der Waals surface area contributed by atoms with E-state index < -0.39 is 16.9 Å². The van der Waals surface area contributed by atoms with Gasteiger partial charge in [0.05, 0.1) is 5.41 Å². The molecule has 0 aromatic rings. The molecule has 1 atom stereocenters. The second-order valence-corrected chi connectivity index (χ2v) is 4.47. The number of carbonyl (C=O) groups excluding carboxylic acids is 1. The summed E-state index contributed by atoms with van der Waals surface area (Å²) in [5.74, 6) is -0.893. The van der Waals surface area contributed by atoms with Gasteiger partial charge in [-0.2, -0.15) is 0 Å². The first-order valence-corrected chi connectivity index (χ1v) is 4.54. The van der Waals surface area contributed by atoms with Crippen LogP contribution in [0.25, 0.3) is 0 Å². The van der Waals surface area contributed by atoms with Gasteiger partial charge in [0.2, 0.25) is 0 Å². The molecule has 0 aromatic carbocycles. The molecular formula is C10H19NO3. The smallest absolute Gasteiger partial charge is 0.310 e. The van der Waals surface area contributed by atoms with E-state index in [-0.39, 0.29) is 6.42 Å². The van der Waals surface area contributed by atoms with Crippen molar-refractivity contribution in [2.75, 3.05) is 14.1 Å². The van der Waals surface area contributed by atoms with E-state index in [0.717, 1.165) is 6.29 Å². The van der Waals surface area contributed by atoms with Crippen LogP contribution in [-0.2, 0) is 9.59 Å². The summed E-state index contributed by atoms with van der Waals surface area (Å²) in [7, 11) is 3.57. The molecule has 82 valence electrons. The minimum atomic E-state index is -0.961. The van der Waals surface area contributed by atoms with Crippen LogP contribution >= 0.6 is 0 Å². The van der Waals surface area contributed by atoms with Crippen molar-refractivity contribution < 1.29 is 14.7 Å². The van der Waals surface area contributed by atoms with E-state index in [4.69, 9.17) is 5.11 Å². The maximum Gasteiger partial charge on any atom is 0.310 e. The van der Waals surface area contributed by atoms with Gasteiger partial charge in [0.15, 0.2) is 0 Å². The highest BCUT2D eigenvalue weighted by molar-refractivity contribution is 5.76. The number of nitrogens with zero attached hydrogens (tertiary/aromatic N) is 1. The first kappa shape index (κ1) is 13.1. The molecule has 0 amide bonds. The quantitative estimate of drug-likeness (QED) is 0.674. The van der Waals surface area contributed by atoms with Gasteiger partial charge in [0, 0.05) is 12.0 Å². The van der Waals surface area contributed by atoms with Crippen molar-refractivity contribution in [3.63, 3.8) is 0 Å². The average Bonchev–Trinajstić information content (AvgIpc) is 2.03. The first-order chi connectivity index (χ1) is 6.20. The number of rotatable bonds is 5. The molecular weight excluding hydrogens is 182 g/mol. The van der Waals surface area contributed by atoms with Crippen LogP contribution in [0.4, 0.5) is 0 Å². The molecule has 0 fully saturated rings. The van der Waals surface area contributed by atoms with Gasteiger partial charge in [-0.25, -0.2) is 0 Å². The lowest BCUT2D eigenvalue weighted by Gasteiger charge is -2.45. The molecule has 0 aromatic heterocycles. The molecule has 4 nitrogen and oxygen atoms in total. The normalized spacial score (nSPS) is 16.4. The zero-order valence-corrected chi connectivity index (χ0v) is 9.50. The van der Waals surface area contributed by atoms with Gasteiger partial charge >= 0.3 is 5.97 Å². The summed E-state index contributed by atoms with van der Waals surface area (Å²) in [6.45, 7) is 5.06. The van der Waals surface area contributed by atoms with Crippen molar-refractivity contribution in [1.82, 2.24) is 4.90 Å². The molecule has 14 heavy (non-hydrogen) atoms. The molecule has 0 heterocycles. The van der Waals surface area contributed by atoms with Crippen LogP contribution in [0.5, 0.6) is 0 Å². The molecule has 1 N–H and O–H groups in total. The fraction of sp³-hybridized carbons (Fsp3) is 0.800. The predicted molar refractivity (Wildman–Crippen MR) is 54.2 cm³/mol. The lowest BCUT2D eigenvalue weighted by Crippen LogP contribution is -2.56. The molecule has 0 bridgehead atoms. The molecule has 0 saturated heterocycles. The van der Waals surface area contributed by atoms with Crippen LogP contribution in [0.3, 0.4) is 0 Å². The highest BCUT2D eigenvalue weighted by Crippen LogP contribution is 2.36. The molecule has 0 aliphatic rings. The van der Waals surface area contributed by atoms with Gasteiger partial charge in [0.1, 0.15) is 6.29 Å². The fourth-order valence-corrected chi connectivity index (χ4v) is 1.39. The summed E-state index contributed by atoms with van der Waals surface area (Å²) in [6, 6.07) is 0. The van der Waals surface area contributed by atoms with E-state index in [2.05, 4.69) is 0 Å². The van der Waals surface area contributed by atoms with Crippen LogP contribution in [-0.4, -0.2) is 41.9 Å². The SMILES string of the molecule is CN(C)C(C)(CC=O)C(C)(C)C(=O)O. The highest BCUT2D eigenvalue weighted by Gasteiger charge is 2.47. The Balaban J connectivity index is 5.18.